The Labute approximate surface area is 131 Å². The van der Waals surface area contributed by atoms with Gasteiger partial charge in [-0.05, 0) is 18.2 Å². The Morgan fingerprint density at radius 3 is 2.73 bits per heavy atom. The average Bonchev–Trinajstić information content (AvgIpc) is 3.04. The van der Waals surface area contributed by atoms with Crippen LogP contribution in [-0.4, -0.2) is 15.3 Å². The summed E-state index contributed by atoms with van der Waals surface area (Å²) in [6.45, 7) is 0. The molecule has 5 nitrogen and oxygen atoms in total. The molecule has 6 heteroatoms. The lowest BCUT2D eigenvalue weighted by Crippen LogP contribution is -2.11. The van der Waals surface area contributed by atoms with Gasteiger partial charge in [-0.15, -0.1) is 0 Å². The molecule has 3 aromatic rings. The number of nitrogens with one attached hydrogen (secondary N) is 1. The van der Waals surface area contributed by atoms with E-state index < -0.39 is 0 Å². The van der Waals surface area contributed by atoms with Crippen molar-refractivity contribution in [3.63, 3.8) is 0 Å². The first-order chi connectivity index (χ1) is 10.8. The maximum absolute atomic E-state index is 12.1. The molecule has 0 radical (unpaired) electrons. The van der Waals surface area contributed by atoms with Gasteiger partial charge in [0.25, 0.3) is 5.91 Å². The van der Waals surface area contributed by atoms with E-state index in [0.29, 0.717) is 22.1 Å². The normalized spacial score (nSPS) is 9.95. The maximum Gasteiger partial charge on any atom is 0.257 e. The lowest BCUT2D eigenvalue weighted by Gasteiger charge is -2.01. The summed E-state index contributed by atoms with van der Waals surface area (Å²) < 4.78 is 4.23. The molecule has 0 aliphatic rings. The second-order valence-corrected chi connectivity index (χ2v) is 5.19. The Balaban J connectivity index is 1.78. The highest BCUT2D eigenvalue weighted by atomic mass is 32.1. The van der Waals surface area contributed by atoms with E-state index >= 15 is 0 Å². The number of carbonyl (C=O) groups excluding carboxylic acids is 1. The number of carbonyl (C=O) groups is 1. The number of nitrogens with zero attached hydrogens (tertiary/aromatic N) is 3. The smallest absolute Gasteiger partial charge is 0.257 e. The second-order valence-electron chi connectivity index (χ2n) is 4.44. The highest BCUT2D eigenvalue weighted by molar-refractivity contribution is 7.10. The van der Waals surface area contributed by atoms with Crippen molar-refractivity contribution >= 4 is 22.6 Å². The zero-order valence-electron chi connectivity index (χ0n) is 11.4. The molecule has 0 fully saturated rings. The molecule has 3 rings (SSSR count). The van der Waals surface area contributed by atoms with Crippen LogP contribution in [0.1, 0.15) is 15.9 Å². The first kappa shape index (κ1) is 13.9. The van der Waals surface area contributed by atoms with E-state index in [9.17, 15) is 4.79 Å². The molecule has 0 spiro atoms. The number of rotatable bonds is 3. The zero-order valence-corrected chi connectivity index (χ0v) is 12.2. The number of nitriles is 1. The van der Waals surface area contributed by atoms with Crippen molar-refractivity contribution in [1.29, 1.82) is 5.26 Å². The van der Waals surface area contributed by atoms with Crippen molar-refractivity contribution < 1.29 is 4.79 Å². The Kier molecular flexibility index (Phi) is 3.90. The van der Waals surface area contributed by atoms with Gasteiger partial charge in [0.1, 0.15) is 0 Å². The van der Waals surface area contributed by atoms with Crippen molar-refractivity contribution in [2.45, 2.75) is 0 Å². The summed E-state index contributed by atoms with van der Waals surface area (Å²) in [5.74, 6) is 0.263. The van der Waals surface area contributed by atoms with E-state index in [1.165, 1.54) is 6.07 Å². The van der Waals surface area contributed by atoms with Crippen LogP contribution >= 0.6 is 11.5 Å². The van der Waals surface area contributed by atoms with Crippen LogP contribution in [0.3, 0.4) is 0 Å². The minimum absolute atomic E-state index is 0.312. The van der Waals surface area contributed by atoms with Crippen LogP contribution in [0.2, 0.25) is 0 Å². The Bertz CT molecular complexity index is 852. The van der Waals surface area contributed by atoms with Crippen LogP contribution in [0.15, 0.2) is 54.6 Å². The Morgan fingerprint density at radius 2 is 1.95 bits per heavy atom. The molecule has 22 heavy (non-hydrogen) atoms. The van der Waals surface area contributed by atoms with Gasteiger partial charge in [0.05, 0.1) is 11.6 Å². The summed E-state index contributed by atoms with van der Waals surface area (Å²) in [6.07, 6.45) is 0. The van der Waals surface area contributed by atoms with Gasteiger partial charge in [0.15, 0.2) is 5.82 Å². The predicted molar refractivity (Wildman–Crippen MR) is 84.5 cm³/mol. The molecule has 1 amide bonds. The molecule has 106 valence electrons. The summed E-state index contributed by atoms with van der Waals surface area (Å²) in [4.78, 5) is 16.4. The van der Waals surface area contributed by atoms with Crippen LogP contribution in [0, 0.1) is 11.3 Å². The monoisotopic (exact) mass is 306 g/mol. The molecule has 0 atom stereocenters. The van der Waals surface area contributed by atoms with Crippen LogP contribution in [-0.2, 0) is 0 Å². The molecular weight excluding hydrogens is 296 g/mol. The molecule has 2 aromatic carbocycles. The number of aromatic nitrogens is 2. The fourth-order valence-corrected chi connectivity index (χ4v) is 2.46. The summed E-state index contributed by atoms with van der Waals surface area (Å²) in [5.41, 5.74) is 1.75. The number of hydrogen-bond donors (Lipinski definition) is 1. The standard InChI is InChI=1S/C16H10N4OS/c17-10-11-5-4-8-13(9-11)15(21)19-16-18-14(20-22-16)12-6-2-1-3-7-12/h1-9H,(H,18,19,20,21). The predicted octanol–water partition coefficient (Wildman–Crippen LogP) is 3.33. The van der Waals surface area contributed by atoms with Crippen molar-refractivity contribution in [3.05, 3.63) is 65.7 Å². The minimum Gasteiger partial charge on any atom is -0.297 e. The highest BCUT2D eigenvalue weighted by Gasteiger charge is 2.11. The van der Waals surface area contributed by atoms with Gasteiger partial charge in [0.2, 0.25) is 5.13 Å². The topological polar surface area (TPSA) is 78.7 Å². The largest absolute Gasteiger partial charge is 0.297 e. The van der Waals surface area contributed by atoms with Crippen LogP contribution in [0.25, 0.3) is 11.4 Å². The van der Waals surface area contributed by atoms with Gasteiger partial charge in [-0.1, -0.05) is 36.4 Å². The number of anilines is 1. The first-order valence-corrected chi connectivity index (χ1v) is 7.24. The third kappa shape index (κ3) is 3.00. The molecule has 1 N–H and O–H groups in total. The van der Waals surface area contributed by atoms with Gasteiger partial charge >= 0.3 is 0 Å². The second kappa shape index (κ2) is 6.16. The Morgan fingerprint density at radius 1 is 1.14 bits per heavy atom. The van der Waals surface area contributed by atoms with Gasteiger partial charge in [-0.3, -0.25) is 10.1 Å². The Hall–Kier alpha value is -3.04. The molecular formula is C16H10N4OS. The third-order valence-corrected chi connectivity index (χ3v) is 3.56. The van der Waals surface area contributed by atoms with Gasteiger partial charge in [0, 0.05) is 22.7 Å². The maximum atomic E-state index is 12.1. The molecule has 0 aliphatic heterocycles. The van der Waals surface area contributed by atoms with Crippen molar-refractivity contribution in [2.75, 3.05) is 5.32 Å². The fourth-order valence-electron chi connectivity index (χ4n) is 1.88. The lowest BCUT2D eigenvalue weighted by molar-refractivity contribution is 0.102. The highest BCUT2D eigenvalue weighted by Crippen LogP contribution is 2.21. The lowest BCUT2D eigenvalue weighted by atomic mass is 10.1. The van der Waals surface area contributed by atoms with Crippen molar-refractivity contribution in [3.8, 4) is 17.5 Å². The van der Waals surface area contributed by atoms with Gasteiger partial charge < -0.3 is 0 Å². The first-order valence-electron chi connectivity index (χ1n) is 6.47. The third-order valence-electron chi connectivity index (χ3n) is 2.93. The van der Waals surface area contributed by atoms with Crippen molar-refractivity contribution in [1.82, 2.24) is 9.36 Å². The quantitative estimate of drug-likeness (QED) is 0.805. The molecule has 1 aromatic heterocycles. The van der Waals surface area contributed by atoms with E-state index in [1.54, 1.807) is 18.2 Å². The van der Waals surface area contributed by atoms with E-state index in [4.69, 9.17) is 5.26 Å². The average molecular weight is 306 g/mol. The van der Waals surface area contributed by atoms with E-state index in [-0.39, 0.29) is 5.91 Å². The SMILES string of the molecule is N#Cc1cccc(C(=O)Nc2nc(-c3ccccc3)ns2)c1. The van der Waals surface area contributed by atoms with Crippen LogP contribution in [0.5, 0.6) is 0 Å². The number of amides is 1. The van der Waals surface area contributed by atoms with Gasteiger partial charge in [-0.25, -0.2) is 0 Å². The summed E-state index contributed by atoms with van der Waals surface area (Å²) in [7, 11) is 0. The van der Waals surface area contributed by atoms with Gasteiger partial charge in [-0.2, -0.15) is 14.6 Å². The summed E-state index contributed by atoms with van der Waals surface area (Å²) in [5, 5.41) is 12.0. The summed E-state index contributed by atoms with van der Waals surface area (Å²) >= 11 is 1.12. The number of benzene rings is 2. The molecule has 0 saturated carbocycles. The molecule has 0 aliphatic carbocycles. The molecule has 0 saturated heterocycles. The molecule has 0 bridgehead atoms. The van der Waals surface area contributed by atoms with E-state index in [0.717, 1.165) is 17.1 Å². The fraction of sp³-hybridized carbons (Fsp3) is 0. The van der Waals surface area contributed by atoms with E-state index in [2.05, 4.69) is 14.7 Å². The minimum atomic E-state index is -0.312. The molecule has 0 unspecified atom stereocenters. The van der Waals surface area contributed by atoms with E-state index in [1.807, 2.05) is 36.4 Å². The summed E-state index contributed by atoms with van der Waals surface area (Å²) in [6, 6.07) is 18.0. The molecule has 1 heterocycles. The number of hydrogen-bond acceptors (Lipinski definition) is 5. The van der Waals surface area contributed by atoms with Crippen LogP contribution < -0.4 is 5.32 Å². The van der Waals surface area contributed by atoms with Crippen molar-refractivity contribution in [2.24, 2.45) is 0 Å². The van der Waals surface area contributed by atoms with Crippen LogP contribution in [0.4, 0.5) is 5.13 Å². The zero-order chi connectivity index (χ0) is 15.4.